The highest BCUT2D eigenvalue weighted by molar-refractivity contribution is 6.30. The molecule has 0 saturated carbocycles. The summed E-state index contributed by atoms with van der Waals surface area (Å²) in [4.78, 5) is 11.9. The van der Waals surface area contributed by atoms with E-state index in [1.165, 1.54) is 0 Å². The Hall–Kier alpha value is -1.25. The van der Waals surface area contributed by atoms with E-state index in [0.29, 0.717) is 32.4 Å². The van der Waals surface area contributed by atoms with E-state index in [4.69, 9.17) is 21.7 Å². The van der Waals surface area contributed by atoms with E-state index in [0.717, 1.165) is 0 Å². The fraction of sp³-hybridized carbons (Fsp3) is 0.727. The van der Waals surface area contributed by atoms with Gasteiger partial charge in [0.1, 0.15) is 6.17 Å². The Morgan fingerprint density at radius 3 is 2.75 bits per heavy atom. The van der Waals surface area contributed by atoms with Gasteiger partial charge in [-0.2, -0.15) is 0 Å². The third-order valence-corrected chi connectivity index (χ3v) is 3.88. The van der Waals surface area contributed by atoms with Crippen molar-refractivity contribution in [1.82, 2.24) is 10.2 Å². The van der Waals surface area contributed by atoms with Gasteiger partial charge in [0.05, 0.1) is 36.4 Å². The smallest absolute Gasteiger partial charge is 0.321 e. The lowest BCUT2D eigenvalue weighted by atomic mass is 10.0. The summed E-state index contributed by atoms with van der Waals surface area (Å²) in [5.41, 5.74) is -0.561. The first-order valence-electron chi connectivity index (χ1n) is 6.30. The molecule has 20 heavy (non-hydrogen) atoms. The number of hydrogen-bond acceptors (Lipinski definition) is 6. The predicted molar refractivity (Wildman–Crippen MR) is 71.3 cm³/mol. The monoisotopic (exact) mass is 306 g/mol. The number of likely N-dealkylation sites (tertiary alicyclic amines) is 1. The van der Waals surface area contributed by atoms with E-state index in [9.17, 15) is 14.5 Å². The van der Waals surface area contributed by atoms with Crippen molar-refractivity contribution in [2.75, 3.05) is 26.3 Å². The molecular weight excluding hydrogens is 291 g/mol. The molecule has 0 amide bonds. The minimum Gasteiger partial charge on any atom is -0.378 e. The largest absolute Gasteiger partial charge is 0.378 e. The van der Waals surface area contributed by atoms with E-state index >= 15 is 0 Å². The number of nitro groups is 1. The number of rotatable bonds is 5. The molecule has 0 radical (unpaired) electrons. The van der Waals surface area contributed by atoms with Gasteiger partial charge in [-0.05, 0) is 6.42 Å². The lowest BCUT2D eigenvalue weighted by Gasteiger charge is -2.42. The highest BCUT2D eigenvalue weighted by atomic mass is 35.5. The fourth-order valence-corrected chi connectivity index (χ4v) is 2.55. The van der Waals surface area contributed by atoms with Gasteiger partial charge in [-0.25, -0.2) is 4.39 Å². The fourth-order valence-electron chi connectivity index (χ4n) is 2.29. The summed E-state index contributed by atoms with van der Waals surface area (Å²) in [5.74, 6) is 0. The molecule has 2 heterocycles. The lowest BCUT2D eigenvalue weighted by molar-refractivity contribution is -0.415. The normalized spacial score (nSPS) is 29.3. The first kappa shape index (κ1) is 15.1. The number of halogens is 2. The summed E-state index contributed by atoms with van der Waals surface area (Å²) in [7, 11) is 0. The van der Waals surface area contributed by atoms with Crippen molar-refractivity contribution in [3.05, 3.63) is 21.0 Å². The molecule has 0 aliphatic carbocycles. The maximum absolute atomic E-state index is 14.1. The van der Waals surface area contributed by atoms with Crippen LogP contribution in [0.5, 0.6) is 0 Å². The van der Waals surface area contributed by atoms with E-state index < -0.39 is 22.8 Å². The van der Waals surface area contributed by atoms with Gasteiger partial charge in [-0.15, -0.1) is 0 Å². The summed E-state index contributed by atoms with van der Waals surface area (Å²) >= 11 is 5.75. The molecular formula is C11H16ClFN4O3. The highest BCUT2D eigenvalue weighted by Gasteiger charge is 2.36. The number of nitrogens with zero attached hydrogens (tertiary/aromatic N) is 2. The summed E-state index contributed by atoms with van der Waals surface area (Å²) in [5, 5.41) is 19.9. The number of nitrogens with one attached hydrogen (secondary N) is 2. The first-order chi connectivity index (χ1) is 9.52. The van der Waals surface area contributed by atoms with Crippen molar-refractivity contribution >= 4 is 17.8 Å². The van der Waals surface area contributed by atoms with Crippen LogP contribution in [0.3, 0.4) is 0 Å². The van der Waals surface area contributed by atoms with Crippen LogP contribution in [0.1, 0.15) is 6.42 Å². The predicted octanol–water partition coefficient (Wildman–Crippen LogP) is 0.721. The summed E-state index contributed by atoms with van der Waals surface area (Å²) in [6.07, 6.45) is -0.128. The van der Waals surface area contributed by atoms with Crippen LogP contribution in [0.2, 0.25) is 0 Å². The SMILES string of the molecule is N=C/C(=C(/Cl)NC1CCN(C2COC2)CC1F)[N+](=O)[O-]. The van der Waals surface area contributed by atoms with Crippen molar-refractivity contribution in [3.8, 4) is 0 Å². The number of ether oxygens (including phenoxy) is 1. The molecule has 2 unspecified atom stereocenters. The van der Waals surface area contributed by atoms with Crippen molar-refractivity contribution in [1.29, 1.82) is 5.41 Å². The van der Waals surface area contributed by atoms with Gasteiger partial charge < -0.3 is 15.5 Å². The van der Waals surface area contributed by atoms with Crippen LogP contribution in [0.4, 0.5) is 4.39 Å². The number of piperidine rings is 1. The minimum atomic E-state index is -1.17. The van der Waals surface area contributed by atoms with Crippen LogP contribution in [0.15, 0.2) is 10.9 Å². The second kappa shape index (κ2) is 6.47. The van der Waals surface area contributed by atoms with Crippen molar-refractivity contribution in [3.63, 3.8) is 0 Å². The van der Waals surface area contributed by atoms with Gasteiger partial charge in [0.15, 0.2) is 5.16 Å². The Morgan fingerprint density at radius 1 is 1.60 bits per heavy atom. The van der Waals surface area contributed by atoms with Gasteiger partial charge in [-0.1, -0.05) is 11.6 Å². The van der Waals surface area contributed by atoms with E-state index in [1.807, 2.05) is 4.90 Å². The zero-order valence-electron chi connectivity index (χ0n) is 10.7. The van der Waals surface area contributed by atoms with Crippen LogP contribution < -0.4 is 5.32 Å². The van der Waals surface area contributed by atoms with E-state index in [1.54, 1.807) is 0 Å². The lowest BCUT2D eigenvalue weighted by Crippen LogP contribution is -2.58. The minimum absolute atomic E-state index is 0.258. The zero-order valence-corrected chi connectivity index (χ0v) is 11.5. The quantitative estimate of drug-likeness (QED) is 0.338. The van der Waals surface area contributed by atoms with Crippen molar-refractivity contribution < 1.29 is 14.1 Å². The molecule has 2 rings (SSSR count). The molecule has 7 nitrogen and oxygen atoms in total. The van der Waals surface area contributed by atoms with Gasteiger partial charge >= 0.3 is 5.70 Å². The molecule has 9 heteroatoms. The molecule has 112 valence electrons. The third-order valence-electron chi connectivity index (χ3n) is 3.58. The molecule has 0 spiro atoms. The maximum atomic E-state index is 14.1. The Labute approximate surface area is 120 Å². The molecule has 0 aromatic rings. The Bertz CT molecular complexity index is 430. The Balaban J connectivity index is 1.94. The number of alkyl halides is 1. The average molecular weight is 307 g/mol. The van der Waals surface area contributed by atoms with Crippen molar-refractivity contribution in [2.45, 2.75) is 24.7 Å². The molecule has 0 bridgehead atoms. The van der Waals surface area contributed by atoms with Crippen LogP contribution in [0.25, 0.3) is 0 Å². The average Bonchev–Trinajstić information content (AvgIpc) is 2.30. The first-order valence-corrected chi connectivity index (χ1v) is 6.67. The standard InChI is InChI=1S/C11H16ClFN4O3/c12-11(10(3-14)17(18)19)15-9-1-2-16(4-8(9)13)7-5-20-6-7/h3,7-9,14-15H,1-2,4-6H2/b11-10+,14-3?. The Morgan fingerprint density at radius 2 is 2.30 bits per heavy atom. The third kappa shape index (κ3) is 3.25. The topological polar surface area (TPSA) is 91.5 Å². The number of allylic oxidation sites excluding steroid dienone is 1. The summed E-state index contributed by atoms with van der Waals surface area (Å²) in [6, 6.07) is -0.300. The van der Waals surface area contributed by atoms with Crippen molar-refractivity contribution in [2.24, 2.45) is 0 Å². The van der Waals surface area contributed by atoms with Gasteiger partial charge in [-0.3, -0.25) is 15.0 Å². The Kier molecular flexibility index (Phi) is 4.90. The van der Waals surface area contributed by atoms with Crippen LogP contribution in [-0.2, 0) is 4.74 Å². The molecule has 2 atom stereocenters. The zero-order chi connectivity index (χ0) is 14.7. The molecule has 0 aromatic heterocycles. The molecule has 2 aliphatic heterocycles. The van der Waals surface area contributed by atoms with Crippen LogP contribution in [-0.4, -0.2) is 60.6 Å². The van der Waals surface area contributed by atoms with E-state index in [2.05, 4.69) is 5.32 Å². The van der Waals surface area contributed by atoms with E-state index in [-0.39, 0.29) is 17.7 Å². The molecule has 2 fully saturated rings. The van der Waals surface area contributed by atoms with Crippen LogP contribution in [0, 0.1) is 15.5 Å². The van der Waals surface area contributed by atoms with Gasteiger partial charge in [0, 0.05) is 13.1 Å². The molecule has 2 N–H and O–H groups in total. The summed E-state index contributed by atoms with van der Waals surface area (Å²) in [6.45, 7) is 2.21. The number of hydrogen-bond donors (Lipinski definition) is 2. The molecule has 2 aliphatic rings. The van der Waals surface area contributed by atoms with Gasteiger partial charge in [0.2, 0.25) is 0 Å². The summed E-state index contributed by atoms with van der Waals surface area (Å²) < 4.78 is 19.2. The van der Waals surface area contributed by atoms with Gasteiger partial charge in [0.25, 0.3) is 0 Å². The molecule has 0 aromatic carbocycles. The maximum Gasteiger partial charge on any atom is 0.321 e. The highest BCUT2D eigenvalue weighted by Crippen LogP contribution is 2.21. The molecule has 2 saturated heterocycles. The van der Waals surface area contributed by atoms with Crippen LogP contribution >= 0.6 is 11.6 Å². The second-order valence-electron chi connectivity index (χ2n) is 4.84. The second-order valence-corrected chi connectivity index (χ2v) is 5.22.